The Morgan fingerprint density at radius 3 is 2.31 bits per heavy atom. The molecule has 42 heavy (non-hydrogen) atoms. The van der Waals surface area contributed by atoms with Crippen LogP contribution in [0.4, 0.5) is 5.69 Å². The van der Waals surface area contributed by atoms with Crippen LogP contribution in [0.5, 0.6) is 5.75 Å². The third kappa shape index (κ3) is 10.2. The number of anilines is 1. The van der Waals surface area contributed by atoms with Crippen LogP contribution in [0, 0.1) is 10.8 Å². The third-order valence-corrected chi connectivity index (χ3v) is 8.39. The number of nitrogens with two attached hydrogens (primary N) is 1. The van der Waals surface area contributed by atoms with Gasteiger partial charge in [0.1, 0.15) is 11.9 Å². The lowest BCUT2D eigenvalue weighted by Crippen LogP contribution is -2.40. The molecule has 1 heterocycles. The van der Waals surface area contributed by atoms with E-state index in [0.717, 1.165) is 4.31 Å². The predicted molar refractivity (Wildman–Crippen MR) is 174 cm³/mol. The summed E-state index contributed by atoms with van der Waals surface area (Å²) in [7, 11) is -4.19. The quantitative estimate of drug-likeness (QED) is 0.164. The van der Waals surface area contributed by atoms with Gasteiger partial charge in [0.05, 0.1) is 34.7 Å². The van der Waals surface area contributed by atoms with E-state index < -0.39 is 21.7 Å². The van der Waals surface area contributed by atoms with Gasteiger partial charge < -0.3 is 20.1 Å². The van der Waals surface area contributed by atoms with Gasteiger partial charge in [0.15, 0.2) is 11.5 Å². The molecule has 1 aliphatic rings. The first-order valence-corrected chi connectivity index (χ1v) is 15.0. The second-order valence-corrected chi connectivity index (χ2v) is 11.9. The van der Waals surface area contributed by atoms with Gasteiger partial charge in [-0.25, -0.2) is 8.42 Å². The SMILES string of the molecule is CCOC(=O)CS(=O)(=O)N(C/C=C/c1cccc(C(=N)N)c1)c1cc(Cl)c(OC2CCN(C(C)=N)CC2)c(Cl)c1.Cl.Cl. The van der Waals surface area contributed by atoms with Gasteiger partial charge in [-0.3, -0.25) is 19.9 Å². The van der Waals surface area contributed by atoms with Gasteiger partial charge in [-0.05, 0) is 37.6 Å². The number of benzene rings is 2. The predicted octanol–water partition coefficient (Wildman–Crippen LogP) is 5.37. The number of nitrogens with one attached hydrogen (secondary N) is 2. The number of esters is 1. The molecule has 0 spiro atoms. The van der Waals surface area contributed by atoms with Crippen molar-refractivity contribution in [3.8, 4) is 5.75 Å². The van der Waals surface area contributed by atoms with Crippen LogP contribution in [-0.2, 0) is 19.6 Å². The Kier molecular flexibility index (Phi) is 14.9. The first-order chi connectivity index (χ1) is 18.9. The van der Waals surface area contributed by atoms with E-state index in [1.54, 1.807) is 50.3 Å². The van der Waals surface area contributed by atoms with E-state index in [2.05, 4.69) is 0 Å². The maximum Gasteiger partial charge on any atom is 0.323 e. The van der Waals surface area contributed by atoms with Crippen LogP contribution in [0.2, 0.25) is 10.0 Å². The molecule has 3 rings (SSSR count). The smallest absolute Gasteiger partial charge is 0.323 e. The topological polar surface area (TPSA) is 150 Å². The Labute approximate surface area is 269 Å². The van der Waals surface area contributed by atoms with Crippen molar-refractivity contribution in [3.63, 3.8) is 0 Å². The second-order valence-electron chi connectivity index (χ2n) is 9.16. The van der Waals surface area contributed by atoms with Gasteiger partial charge >= 0.3 is 5.97 Å². The minimum atomic E-state index is -4.19. The van der Waals surface area contributed by atoms with E-state index >= 15 is 0 Å². The zero-order valence-corrected chi connectivity index (χ0v) is 27.1. The zero-order valence-electron chi connectivity index (χ0n) is 23.1. The van der Waals surface area contributed by atoms with Gasteiger partial charge in [0.25, 0.3) is 0 Å². The molecule has 0 radical (unpaired) electrons. The maximum atomic E-state index is 13.3. The van der Waals surface area contributed by atoms with E-state index in [0.29, 0.717) is 42.9 Å². The first-order valence-electron chi connectivity index (χ1n) is 12.6. The van der Waals surface area contributed by atoms with Crippen LogP contribution in [-0.4, -0.2) is 69.1 Å². The molecule has 232 valence electrons. The largest absolute Gasteiger partial charge is 0.487 e. The van der Waals surface area contributed by atoms with Crippen molar-refractivity contribution < 1.29 is 22.7 Å². The highest BCUT2D eigenvalue weighted by molar-refractivity contribution is 7.93. The lowest BCUT2D eigenvalue weighted by atomic mass is 10.1. The van der Waals surface area contributed by atoms with E-state index in [4.69, 9.17) is 49.2 Å². The standard InChI is InChI=1S/C27H33Cl2N5O5S.2ClH/c1-3-38-25(35)17-40(36,37)34(11-5-7-19-6-4-8-20(14-19)27(31)32)21-15-23(28)26(24(29)16-21)39-22-9-12-33(13-10-22)18(2)30;;/h4-8,14-16,22,30H,3,9-13,17H2,1-2H3,(H3,31,32);2*1H/b7-5+,30-18?;;. The van der Waals surface area contributed by atoms with Crippen LogP contribution < -0.4 is 14.8 Å². The highest BCUT2D eigenvalue weighted by atomic mass is 35.5. The Hall–Kier alpha value is -2.70. The number of nitrogens with zero attached hydrogens (tertiary/aromatic N) is 2. The molecule has 4 N–H and O–H groups in total. The van der Waals surface area contributed by atoms with Gasteiger partial charge in [0.2, 0.25) is 10.0 Å². The lowest BCUT2D eigenvalue weighted by molar-refractivity contribution is -0.139. The number of hydrogen-bond acceptors (Lipinski definition) is 7. The molecule has 0 unspecified atom stereocenters. The Balaban J connectivity index is 0.00000441. The maximum absolute atomic E-state index is 13.3. The molecule has 0 atom stereocenters. The number of ether oxygens (including phenoxy) is 2. The lowest BCUT2D eigenvalue weighted by Gasteiger charge is -2.33. The molecule has 1 aliphatic heterocycles. The van der Waals surface area contributed by atoms with Crippen molar-refractivity contribution in [1.82, 2.24) is 4.90 Å². The summed E-state index contributed by atoms with van der Waals surface area (Å²) < 4.78 is 38.6. The fourth-order valence-corrected chi connectivity index (χ4v) is 6.02. The summed E-state index contributed by atoms with van der Waals surface area (Å²) in [6, 6.07) is 9.79. The average molecular weight is 683 g/mol. The fourth-order valence-electron chi connectivity index (χ4n) is 4.18. The Bertz CT molecular complexity index is 1380. The highest BCUT2D eigenvalue weighted by Crippen LogP contribution is 2.39. The molecule has 0 aromatic heterocycles. The van der Waals surface area contributed by atoms with Crippen LogP contribution in [0.25, 0.3) is 6.08 Å². The number of sulfonamides is 1. The number of hydrogen-bond donors (Lipinski definition) is 3. The molecule has 0 aliphatic carbocycles. The summed E-state index contributed by atoms with van der Waals surface area (Å²) in [5, 5.41) is 15.7. The molecule has 0 bridgehead atoms. The molecule has 1 fully saturated rings. The number of nitrogen functional groups attached to an aromatic ring is 1. The third-order valence-electron chi connectivity index (χ3n) is 6.19. The summed E-state index contributed by atoms with van der Waals surface area (Å²) in [4.78, 5) is 14.1. The number of halogens is 4. The van der Waals surface area contributed by atoms with Crippen LogP contribution >= 0.6 is 48.0 Å². The van der Waals surface area contributed by atoms with Crippen LogP contribution in [0.15, 0.2) is 42.5 Å². The van der Waals surface area contributed by atoms with Gasteiger partial charge in [-0.15, -0.1) is 24.8 Å². The number of carbonyl (C=O) groups excluding carboxylic acids is 1. The molecule has 0 saturated carbocycles. The molecular weight excluding hydrogens is 648 g/mol. The molecule has 0 amide bonds. The van der Waals surface area contributed by atoms with E-state index in [1.807, 2.05) is 4.90 Å². The van der Waals surface area contributed by atoms with Crippen molar-refractivity contribution in [2.75, 3.05) is 36.3 Å². The summed E-state index contributed by atoms with van der Waals surface area (Å²) in [5.41, 5.74) is 6.96. The molecular formula is C27H35Cl4N5O5S. The second kappa shape index (κ2) is 16.8. The molecule has 1 saturated heterocycles. The van der Waals surface area contributed by atoms with Crippen molar-refractivity contribution >= 4 is 87.4 Å². The average Bonchev–Trinajstić information content (AvgIpc) is 2.88. The highest BCUT2D eigenvalue weighted by Gasteiger charge is 2.28. The van der Waals surface area contributed by atoms with Crippen molar-refractivity contribution in [2.24, 2.45) is 5.73 Å². The van der Waals surface area contributed by atoms with E-state index in [9.17, 15) is 13.2 Å². The van der Waals surface area contributed by atoms with E-state index in [-0.39, 0.29) is 71.4 Å². The van der Waals surface area contributed by atoms with E-state index in [1.165, 1.54) is 12.1 Å². The number of piperidine rings is 1. The normalized spacial score (nSPS) is 13.6. The summed E-state index contributed by atoms with van der Waals surface area (Å²) in [6.45, 7) is 4.59. The number of carbonyl (C=O) groups is 1. The van der Waals surface area contributed by atoms with Crippen LogP contribution in [0.3, 0.4) is 0 Å². The van der Waals surface area contributed by atoms with Crippen molar-refractivity contribution in [3.05, 3.63) is 63.6 Å². The van der Waals surface area contributed by atoms with Crippen molar-refractivity contribution in [1.29, 1.82) is 10.8 Å². The number of likely N-dealkylation sites (tertiary alicyclic amines) is 1. The zero-order chi connectivity index (χ0) is 29.4. The van der Waals surface area contributed by atoms with Gasteiger partial charge in [-0.2, -0.15) is 0 Å². The number of amidine groups is 2. The van der Waals surface area contributed by atoms with Gasteiger partial charge in [0, 0.05) is 31.5 Å². The summed E-state index contributed by atoms with van der Waals surface area (Å²) in [5.74, 6) is -1.09. The molecule has 2 aromatic rings. The minimum absolute atomic E-state index is 0. The molecule has 2 aromatic carbocycles. The Morgan fingerprint density at radius 1 is 1.14 bits per heavy atom. The van der Waals surface area contributed by atoms with Crippen molar-refractivity contribution in [2.45, 2.75) is 32.8 Å². The Morgan fingerprint density at radius 2 is 1.76 bits per heavy atom. The summed E-state index contributed by atoms with van der Waals surface area (Å²) >= 11 is 13.1. The fraction of sp³-hybridized carbons (Fsp3) is 0.370. The molecule has 10 nitrogen and oxygen atoms in total. The minimum Gasteiger partial charge on any atom is -0.487 e. The first kappa shape index (κ1) is 37.3. The summed E-state index contributed by atoms with van der Waals surface area (Å²) in [6.07, 6.45) is 4.49. The molecule has 15 heteroatoms. The van der Waals surface area contributed by atoms with Crippen LogP contribution in [0.1, 0.15) is 37.8 Å². The van der Waals surface area contributed by atoms with Gasteiger partial charge in [-0.1, -0.05) is 53.6 Å². The number of rotatable bonds is 11. The monoisotopic (exact) mass is 681 g/mol.